The molecule has 0 N–H and O–H groups in total. The minimum atomic E-state index is -0.928. The highest BCUT2D eigenvalue weighted by Crippen LogP contribution is 2.14. The van der Waals surface area contributed by atoms with Gasteiger partial charge in [0.25, 0.3) is 0 Å². The summed E-state index contributed by atoms with van der Waals surface area (Å²) < 4.78 is 24.3. The number of methoxy groups -OCH3 is 5. The third-order valence-electron chi connectivity index (χ3n) is 2.52. The summed E-state index contributed by atoms with van der Waals surface area (Å²) in [5, 5.41) is 0. The van der Waals surface area contributed by atoms with E-state index in [1.54, 1.807) is 0 Å². The second-order valence-electron chi connectivity index (χ2n) is 3.44. The molecule has 7 nitrogen and oxygen atoms in total. The van der Waals surface area contributed by atoms with Gasteiger partial charge in [0.1, 0.15) is 0 Å². The van der Waals surface area contributed by atoms with Crippen LogP contribution in [0.5, 0.6) is 0 Å². The van der Waals surface area contributed by atoms with Gasteiger partial charge in [0.2, 0.25) is 0 Å². The molecule has 0 aromatic heterocycles. The Morgan fingerprint density at radius 3 is 1.72 bits per heavy atom. The number of hydrogen-bond acceptors (Lipinski definition) is 7. The molecule has 0 saturated carbocycles. The molecule has 0 aliphatic heterocycles. The maximum atomic E-state index is 11.5. The summed E-state index contributed by atoms with van der Waals surface area (Å²) in [4.78, 5) is 22.9. The lowest BCUT2D eigenvalue weighted by atomic mass is 10.1. The van der Waals surface area contributed by atoms with Crippen molar-refractivity contribution in [1.29, 1.82) is 0 Å². The van der Waals surface area contributed by atoms with Crippen LogP contribution < -0.4 is 0 Å². The number of esters is 2. The standard InChI is InChI=1S/C11H20O7/c1-14-7(9(16-3)11(13)18-5)6-8(15-2)10(12)17-4/h7-9H,6H2,1-5H3/t7-,8+,9-/m0/s1. The van der Waals surface area contributed by atoms with E-state index in [4.69, 9.17) is 14.2 Å². The van der Waals surface area contributed by atoms with E-state index in [9.17, 15) is 9.59 Å². The molecule has 3 atom stereocenters. The van der Waals surface area contributed by atoms with E-state index in [2.05, 4.69) is 9.47 Å². The van der Waals surface area contributed by atoms with Gasteiger partial charge >= 0.3 is 11.9 Å². The minimum absolute atomic E-state index is 0.118. The fourth-order valence-electron chi connectivity index (χ4n) is 1.49. The molecule has 7 heteroatoms. The minimum Gasteiger partial charge on any atom is -0.467 e. The molecule has 0 unspecified atom stereocenters. The highest BCUT2D eigenvalue weighted by Gasteiger charge is 2.34. The topological polar surface area (TPSA) is 80.3 Å². The normalized spacial score (nSPS) is 15.6. The Hall–Kier alpha value is -1.18. The predicted octanol–water partition coefficient (Wildman–Crippen LogP) is -0.232. The highest BCUT2D eigenvalue weighted by atomic mass is 16.6. The molecule has 0 saturated heterocycles. The summed E-state index contributed by atoms with van der Waals surface area (Å²) >= 11 is 0. The number of carbonyl (C=O) groups excluding carboxylic acids is 2. The lowest BCUT2D eigenvalue weighted by Crippen LogP contribution is -2.42. The Bertz CT molecular complexity index is 266. The van der Waals surface area contributed by atoms with Crippen molar-refractivity contribution in [2.45, 2.75) is 24.7 Å². The van der Waals surface area contributed by atoms with Gasteiger partial charge in [-0.05, 0) is 0 Å². The molecule has 0 aromatic rings. The quantitative estimate of drug-likeness (QED) is 0.560. The second-order valence-corrected chi connectivity index (χ2v) is 3.44. The number of ether oxygens (including phenoxy) is 5. The highest BCUT2D eigenvalue weighted by molar-refractivity contribution is 5.76. The molecule has 0 rings (SSSR count). The van der Waals surface area contributed by atoms with Crippen molar-refractivity contribution in [3.63, 3.8) is 0 Å². The monoisotopic (exact) mass is 264 g/mol. The molecule has 0 aliphatic rings. The molecule has 0 aliphatic carbocycles. The summed E-state index contributed by atoms with van der Waals surface area (Å²) in [5.41, 5.74) is 0. The third-order valence-corrected chi connectivity index (χ3v) is 2.52. The van der Waals surface area contributed by atoms with Crippen molar-refractivity contribution in [3.05, 3.63) is 0 Å². The Kier molecular flexibility index (Phi) is 8.27. The first-order valence-electron chi connectivity index (χ1n) is 5.29. The zero-order chi connectivity index (χ0) is 14.1. The van der Waals surface area contributed by atoms with Gasteiger partial charge in [0, 0.05) is 27.8 Å². The maximum absolute atomic E-state index is 11.5. The van der Waals surface area contributed by atoms with Crippen LogP contribution in [0.3, 0.4) is 0 Å². The van der Waals surface area contributed by atoms with Crippen molar-refractivity contribution in [2.75, 3.05) is 35.5 Å². The van der Waals surface area contributed by atoms with Gasteiger partial charge in [0.05, 0.1) is 20.3 Å². The molecule has 106 valence electrons. The Morgan fingerprint density at radius 1 is 0.833 bits per heavy atom. The third kappa shape index (κ3) is 4.59. The van der Waals surface area contributed by atoms with E-state index in [-0.39, 0.29) is 6.42 Å². The van der Waals surface area contributed by atoms with Gasteiger partial charge in [-0.15, -0.1) is 0 Å². The zero-order valence-electron chi connectivity index (χ0n) is 11.3. The van der Waals surface area contributed by atoms with Crippen LogP contribution in [-0.4, -0.2) is 65.8 Å². The Morgan fingerprint density at radius 2 is 1.39 bits per heavy atom. The van der Waals surface area contributed by atoms with Crippen molar-refractivity contribution >= 4 is 11.9 Å². The van der Waals surface area contributed by atoms with Crippen molar-refractivity contribution < 1.29 is 33.3 Å². The van der Waals surface area contributed by atoms with E-state index in [1.807, 2.05) is 0 Å². The van der Waals surface area contributed by atoms with Gasteiger partial charge in [-0.2, -0.15) is 0 Å². The summed E-state index contributed by atoms with van der Waals surface area (Å²) in [5.74, 6) is -1.12. The van der Waals surface area contributed by atoms with Crippen LogP contribution in [0.1, 0.15) is 6.42 Å². The second kappa shape index (κ2) is 8.84. The lowest BCUT2D eigenvalue weighted by Gasteiger charge is -2.25. The van der Waals surface area contributed by atoms with Crippen LogP contribution in [-0.2, 0) is 33.3 Å². The first kappa shape index (κ1) is 16.8. The molecular formula is C11H20O7. The smallest absolute Gasteiger partial charge is 0.337 e. The summed E-state index contributed by atoms with van der Waals surface area (Å²) in [6.07, 6.45) is -2.32. The molecule has 0 radical (unpaired) electrons. The van der Waals surface area contributed by atoms with Crippen LogP contribution in [0.15, 0.2) is 0 Å². The van der Waals surface area contributed by atoms with Crippen LogP contribution in [0, 0.1) is 0 Å². The summed E-state index contributed by atoms with van der Waals surface area (Å²) in [7, 11) is 6.63. The Labute approximate surface area is 106 Å². The average Bonchev–Trinajstić information content (AvgIpc) is 2.41. The first-order valence-corrected chi connectivity index (χ1v) is 5.29. The van der Waals surface area contributed by atoms with Gasteiger partial charge < -0.3 is 23.7 Å². The molecule has 0 heterocycles. The largest absolute Gasteiger partial charge is 0.467 e. The van der Waals surface area contributed by atoms with Gasteiger partial charge in [0.15, 0.2) is 12.2 Å². The molecule has 0 spiro atoms. The van der Waals surface area contributed by atoms with E-state index in [1.165, 1.54) is 35.5 Å². The SMILES string of the molecule is COC(=O)[C@@H](OC)[C@H](C[C@@H](OC)C(=O)OC)OC. The van der Waals surface area contributed by atoms with E-state index in [0.29, 0.717) is 0 Å². The van der Waals surface area contributed by atoms with Crippen LogP contribution >= 0.6 is 0 Å². The van der Waals surface area contributed by atoms with Crippen molar-refractivity contribution in [3.8, 4) is 0 Å². The fraction of sp³-hybridized carbons (Fsp3) is 0.818. The van der Waals surface area contributed by atoms with Crippen LogP contribution in [0.2, 0.25) is 0 Å². The van der Waals surface area contributed by atoms with E-state index in [0.717, 1.165) is 0 Å². The van der Waals surface area contributed by atoms with Crippen molar-refractivity contribution in [2.24, 2.45) is 0 Å². The first-order chi connectivity index (χ1) is 8.55. The average molecular weight is 264 g/mol. The lowest BCUT2D eigenvalue weighted by molar-refractivity contribution is -0.167. The van der Waals surface area contributed by atoms with Crippen LogP contribution in [0.4, 0.5) is 0 Å². The number of rotatable bonds is 8. The number of hydrogen-bond donors (Lipinski definition) is 0. The zero-order valence-corrected chi connectivity index (χ0v) is 11.3. The molecule has 18 heavy (non-hydrogen) atoms. The fourth-order valence-corrected chi connectivity index (χ4v) is 1.49. The summed E-state index contributed by atoms with van der Waals surface area (Å²) in [6, 6.07) is 0. The Balaban J connectivity index is 4.74. The molecule has 0 amide bonds. The van der Waals surface area contributed by atoms with E-state index < -0.39 is 30.3 Å². The molecule has 0 aromatic carbocycles. The van der Waals surface area contributed by atoms with Crippen LogP contribution in [0.25, 0.3) is 0 Å². The number of carbonyl (C=O) groups is 2. The predicted molar refractivity (Wildman–Crippen MR) is 61.0 cm³/mol. The van der Waals surface area contributed by atoms with Gasteiger partial charge in [-0.1, -0.05) is 0 Å². The van der Waals surface area contributed by atoms with Crippen molar-refractivity contribution in [1.82, 2.24) is 0 Å². The maximum Gasteiger partial charge on any atom is 0.337 e. The molecular weight excluding hydrogens is 244 g/mol. The van der Waals surface area contributed by atoms with E-state index >= 15 is 0 Å². The molecule has 0 fully saturated rings. The van der Waals surface area contributed by atoms with Gasteiger partial charge in [-0.25, -0.2) is 9.59 Å². The summed E-state index contributed by atoms with van der Waals surface area (Å²) in [6.45, 7) is 0. The molecule has 0 bridgehead atoms. The van der Waals surface area contributed by atoms with Gasteiger partial charge in [-0.3, -0.25) is 0 Å².